The van der Waals surface area contributed by atoms with Crippen molar-refractivity contribution in [1.82, 2.24) is 0 Å². The second-order valence-corrected chi connectivity index (χ2v) is 3.05. The molecule has 2 radical (unpaired) electrons. The zero-order valence-corrected chi connectivity index (χ0v) is 7.60. The minimum absolute atomic E-state index is 0.0849. The molecule has 1 unspecified atom stereocenters. The second kappa shape index (κ2) is 4.62. The summed E-state index contributed by atoms with van der Waals surface area (Å²) in [6.45, 7) is 1.79. The Balaban J connectivity index is 2.25. The molecule has 0 aromatic heterocycles. The van der Waals surface area contributed by atoms with Crippen molar-refractivity contribution in [3.8, 4) is 0 Å². The van der Waals surface area contributed by atoms with Crippen LogP contribution < -0.4 is 0 Å². The number of carbonyl (C=O) groups excluding carboxylic acids is 1. The summed E-state index contributed by atoms with van der Waals surface area (Å²) in [6.07, 6.45) is -0.367. The van der Waals surface area contributed by atoms with Gasteiger partial charge < -0.3 is 14.6 Å². The molecule has 72 valence electrons. The van der Waals surface area contributed by atoms with Gasteiger partial charge in [0.1, 0.15) is 20.6 Å². The van der Waals surface area contributed by atoms with Crippen molar-refractivity contribution >= 4 is 13.8 Å². The Morgan fingerprint density at radius 3 is 2.92 bits per heavy atom. The van der Waals surface area contributed by atoms with E-state index in [-0.39, 0.29) is 12.6 Å². The Labute approximate surface area is 78.6 Å². The predicted molar refractivity (Wildman–Crippen MR) is 46.3 cm³/mol. The van der Waals surface area contributed by atoms with Crippen molar-refractivity contribution in [3.63, 3.8) is 0 Å². The fraction of sp³-hybridized carbons (Fsp3) is 0.875. The summed E-state index contributed by atoms with van der Waals surface area (Å²) in [5.41, 5.74) is 0. The first-order valence-electron chi connectivity index (χ1n) is 4.38. The van der Waals surface area contributed by atoms with Crippen LogP contribution in [-0.2, 0) is 14.3 Å². The van der Waals surface area contributed by atoms with Gasteiger partial charge >= 0.3 is 5.97 Å². The molecule has 1 fully saturated rings. The summed E-state index contributed by atoms with van der Waals surface area (Å²) in [5.74, 6) is -0.295. The molecule has 4 nitrogen and oxygen atoms in total. The van der Waals surface area contributed by atoms with Crippen molar-refractivity contribution < 1.29 is 19.4 Å². The molecular weight excluding hydrogens is 171 g/mol. The number of rotatable bonds is 3. The van der Waals surface area contributed by atoms with E-state index in [1.54, 1.807) is 6.92 Å². The van der Waals surface area contributed by atoms with Crippen LogP contribution in [0.3, 0.4) is 0 Å². The lowest BCUT2D eigenvalue weighted by Crippen LogP contribution is -2.27. The molecule has 0 aromatic rings. The summed E-state index contributed by atoms with van der Waals surface area (Å²) in [7, 11) is 5.43. The highest BCUT2D eigenvalue weighted by molar-refractivity contribution is 6.11. The minimum Gasteiger partial charge on any atom is -0.463 e. The van der Waals surface area contributed by atoms with Gasteiger partial charge in [-0.2, -0.15) is 0 Å². The number of carbonyl (C=O) groups is 1. The Bertz CT molecular complexity index is 185. The lowest BCUT2D eigenvalue weighted by molar-refractivity contribution is -0.148. The maximum atomic E-state index is 10.8. The van der Waals surface area contributed by atoms with E-state index in [1.807, 2.05) is 0 Å². The van der Waals surface area contributed by atoms with E-state index in [0.29, 0.717) is 12.8 Å². The van der Waals surface area contributed by atoms with E-state index in [9.17, 15) is 9.90 Å². The highest BCUT2D eigenvalue weighted by atomic mass is 16.6. The van der Waals surface area contributed by atoms with Gasteiger partial charge in [0.2, 0.25) is 0 Å². The third-order valence-electron chi connectivity index (χ3n) is 1.95. The Morgan fingerprint density at radius 1 is 1.77 bits per heavy atom. The Morgan fingerprint density at radius 2 is 2.46 bits per heavy atom. The summed E-state index contributed by atoms with van der Waals surface area (Å²) >= 11 is 0. The minimum atomic E-state index is -0.625. The van der Waals surface area contributed by atoms with Gasteiger partial charge in [0.05, 0.1) is 6.10 Å². The van der Waals surface area contributed by atoms with Gasteiger partial charge in [0.15, 0.2) is 0 Å². The molecule has 0 aromatic carbocycles. The molecule has 1 heterocycles. The molecule has 1 rings (SSSR count). The van der Waals surface area contributed by atoms with E-state index < -0.39 is 18.2 Å². The van der Waals surface area contributed by atoms with E-state index >= 15 is 0 Å². The molecule has 3 atom stereocenters. The monoisotopic (exact) mass is 184 g/mol. The number of hydrogen-bond donors (Lipinski definition) is 1. The van der Waals surface area contributed by atoms with Gasteiger partial charge in [-0.25, -0.2) is 0 Å². The van der Waals surface area contributed by atoms with Gasteiger partial charge in [0.25, 0.3) is 0 Å². The number of aliphatic hydroxyl groups excluding tert-OH is 1. The van der Waals surface area contributed by atoms with Crippen LogP contribution in [-0.4, -0.2) is 43.7 Å². The molecule has 1 saturated heterocycles. The van der Waals surface area contributed by atoms with Crippen LogP contribution in [0.15, 0.2) is 0 Å². The van der Waals surface area contributed by atoms with Crippen molar-refractivity contribution in [3.05, 3.63) is 0 Å². The molecule has 0 aliphatic carbocycles. The fourth-order valence-electron chi connectivity index (χ4n) is 1.19. The Hall–Kier alpha value is -0.545. The third kappa shape index (κ3) is 3.01. The standard InChI is InChI=1S/C8H13BO4/c1-2-8(11)12-4-6-5(10)3-7(9)13-6/h5-7,10H,2-4H2,1H3/t5?,6-,7-/m0/s1. The molecule has 1 aliphatic heterocycles. The lowest BCUT2D eigenvalue weighted by Gasteiger charge is -2.13. The molecular formula is C8H13BO4. The summed E-state index contributed by atoms with van der Waals surface area (Å²) in [6, 6.07) is -0.444. The molecule has 13 heavy (non-hydrogen) atoms. The van der Waals surface area contributed by atoms with Crippen molar-refractivity contribution in [2.75, 3.05) is 6.61 Å². The molecule has 0 amide bonds. The van der Waals surface area contributed by atoms with E-state index in [2.05, 4.69) is 0 Å². The van der Waals surface area contributed by atoms with E-state index in [4.69, 9.17) is 17.3 Å². The number of hydrogen-bond acceptors (Lipinski definition) is 4. The van der Waals surface area contributed by atoms with Gasteiger partial charge in [0, 0.05) is 12.4 Å². The van der Waals surface area contributed by atoms with E-state index in [0.717, 1.165) is 0 Å². The van der Waals surface area contributed by atoms with Crippen molar-refractivity contribution in [2.24, 2.45) is 0 Å². The first-order chi connectivity index (χ1) is 6.13. The smallest absolute Gasteiger partial charge is 0.305 e. The van der Waals surface area contributed by atoms with Crippen LogP contribution >= 0.6 is 0 Å². The van der Waals surface area contributed by atoms with Crippen LogP contribution in [0.25, 0.3) is 0 Å². The van der Waals surface area contributed by atoms with Crippen molar-refractivity contribution in [2.45, 2.75) is 38.0 Å². The van der Waals surface area contributed by atoms with Crippen LogP contribution in [0.1, 0.15) is 19.8 Å². The normalized spacial score (nSPS) is 33.2. The molecule has 0 saturated carbocycles. The maximum Gasteiger partial charge on any atom is 0.305 e. The van der Waals surface area contributed by atoms with Gasteiger partial charge in [-0.3, -0.25) is 4.79 Å². The second-order valence-electron chi connectivity index (χ2n) is 3.05. The summed E-state index contributed by atoms with van der Waals surface area (Å²) < 4.78 is 9.93. The quantitative estimate of drug-likeness (QED) is 0.478. The number of aliphatic hydroxyl groups is 1. The predicted octanol–water partition coefficient (Wildman–Crippen LogP) is -0.416. The topological polar surface area (TPSA) is 55.8 Å². The molecule has 1 N–H and O–H groups in total. The lowest BCUT2D eigenvalue weighted by atomic mass is 9.96. The molecule has 5 heteroatoms. The van der Waals surface area contributed by atoms with Gasteiger partial charge in [-0.1, -0.05) is 6.92 Å². The average molecular weight is 184 g/mol. The summed E-state index contributed by atoms with van der Waals surface area (Å²) in [4.78, 5) is 10.8. The highest BCUT2D eigenvalue weighted by Crippen LogP contribution is 2.18. The number of esters is 1. The zero-order valence-electron chi connectivity index (χ0n) is 7.60. The van der Waals surface area contributed by atoms with Crippen LogP contribution in [0, 0.1) is 0 Å². The van der Waals surface area contributed by atoms with E-state index in [1.165, 1.54) is 0 Å². The van der Waals surface area contributed by atoms with Gasteiger partial charge in [-0.05, 0) is 6.42 Å². The molecule has 1 aliphatic rings. The zero-order chi connectivity index (χ0) is 9.84. The van der Waals surface area contributed by atoms with Crippen LogP contribution in [0.2, 0.25) is 0 Å². The first-order valence-corrected chi connectivity index (χ1v) is 4.38. The fourth-order valence-corrected chi connectivity index (χ4v) is 1.19. The average Bonchev–Trinajstić information content (AvgIpc) is 2.41. The third-order valence-corrected chi connectivity index (χ3v) is 1.95. The van der Waals surface area contributed by atoms with Crippen molar-refractivity contribution in [1.29, 1.82) is 0 Å². The maximum absolute atomic E-state index is 10.8. The first kappa shape index (κ1) is 10.5. The highest BCUT2D eigenvalue weighted by Gasteiger charge is 2.31. The molecule has 0 bridgehead atoms. The molecule has 0 spiro atoms. The van der Waals surface area contributed by atoms with Gasteiger partial charge in [-0.15, -0.1) is 0 Å². The Kier molecular flexibility index (Phi) is 3.75. The van der Waals surface area contributed by atoms with Crippen LogP contribution in [0.5, 0.6) is 0 Å². The van der Waals surface area contributed by atoms with Crippen LogP contribution in [0.4, 0.5) is 0 Å². The largest absolute Gasteiger partial charge is 0.463 e. The SMILES string of the molecule is [B][C@@H]1CC(O)[C@H](COC(=O)CC)O1. The summed E-state index contributed by atoms with van der Waals surface area (Å²) in [5, 5.41) is 9.35. The number of ether oxygens (including phenoxy) is 2.